The highest BCUT2D eigenvalue weighted by molar-refractivity contribution is 7.91. The minimum Gasteiger partial charge on any atom is -0.497 e. The molecule has 1 aromatic rings. The molecule has 90 valence electrons. The number of ether oxygens (including phenoxy) is 1. The number of hydrogen-bond acceptors (Lipinski definition) is 4. The van der Waals surface area contributed by atoms with Crippen LogP contribution in [0, 0.1) is 0 Å². The Labute approximate surface area is 95.8 Å². The van der Waals surface area contributed by atoms with Crippen molar-refractivity contribution < 1.29 is 18.3 Å². The van der Waals surface area contributed by atoms with E-state index in [0.717, 1.165) is 0 Å². The summed E-state index contributed by atoms with van der Waals surface area (Å²) in [7, 11) is -1.77. The summed E-state index contributed by atoms with van der Waals surface area (Å²) in [6.45, 7) is 1.57. The molecule has 4 nitrogen and oxygen atoms in total. The summed E-state index contributed by atoms with van der Waals surface area (Å²) in [4.78, 5) is 0.258. The second-order valence-corrected chi connectivity index (χ2v) is 5.74. The van der Waals surface area contributed by atoms with Gasteiger partial charge in [0.1, 0.15) is 5.75 Å². The standard InChI is InChI=1S/C11H16O4S/c1-9(12)7-8-16(13,14)11-5-3-10(15-2)4-6-11/h3-6,9,12H,7-8H2,1-2H3/t9-/m0/s1. The second-order valence-electron chi connectivity index (χ2n) is 3.63. The molecule has 1 rings (SSSR count). The quantitative estimate of drug-likeness (QED) is 0.846. The van der Waals surface area contributed by atoms with Gasteiger partial charge in [-0.25, -0.2) is 8.42 Å². The first-order chi connectivity index (χ1) is 7.45. The maximum Gasteiger partial charge on any atom is 0.178 e. The Hall–Kier alpha value is -1.07. The van der Waals surface area contributed by atoms with Gasteiger partial charge in [-0.15, -0.1) is 0 Å². The SMILES string of the molecule is COc1ccc(S(=O)(=O)CC[C@H](C)O)cc1. The Bertz CT molecular complexity index is 420. The van der Waals surface area contributed by atoms with Crippen LogP contribution in [0.2, 0.25) is 0 Å². The van der Waals surface area contributed by atoms with Crippen LogP contribution in [-0.4, -0.2) is 32.5 Å². The van der Waals surface area contributed by atoms with Gasteiger partial charge >= 0.3 is 0 Å². The first-order valence-corrected chi connectivity index (χ1v) is 6.66. The van der Waals surface area contributed by atoms with Gasteiger partial charge in [0.15, 0.2) is 9.84 Å². The third-order valence-corrected chi connectivity index (χ3v) is 3.99. The van der Waals surface area contributed by atoms with Crippen molar-refractivity contribution in [3.8, 4) is 5.75 Å². The van der Waals surface area contributed by atoms with E-state index in [0.29, 0.717) is 5.75 Å². The molecule has 0 unspecified atom stereocenters. The van der Waals surface area contributed by atoms with Crippen molar-refractivity contribution in [2.45, 2.75) is 24.3 Å². The van der Waals surface area contributed by atoms with Gasteiger partial charge in [0.05, 0.1) is 23.9 Å². The van der Waals surface area contributed by atoms with Crippen molar-refractivity contribution in [3.05, 3.63) is 24.3 Å². The van der Waals surface area contributed by atoms with Crippen LogP contribution in [0.4, 0.5) is 0 Å². The van der Waals surface area contributed by atoms with Gasteiger partial charge in [0.2, 0.25) is 0 Å². The molecule has 0 spiro atoms. The molecule has 0 bridgehead atoms. The highest BCUT2D eigenvalue weighted by Gasteiger charge is 2.15. The molecule has 0 aliphatic rings. The normalized spacial score (nSPS) is 13.4. The molecule has 1 N–H and O–H groups in total. The zero-order valence-electron chi connectivity index (χ0n) is 9.38. The Morgan fingerprint density at radius 3 is 2.31 bits per heavy atom. The summed E-state index contributed by atoms with van der Waals surface area (Å²) in [6.07, 6.45) is -0.359. The topological polar surface area (TPSA) is 63.6 Å². The number of aliphatic hydroxyl groups excluding tert-OH is 1. The molecule has 0 heterocycles. The molecule has 16 heavy (non-hydrogen) atoms. The van der Waals surface area contributed by atoms with Gasteiger partial charge in [0.25, 0.3) is 0 Å². The van der Waals surface area contributed by atoms with Crippen molar-refractivity contribution in [2.24, 2.45) is 0 Å². The van der Waals surface area contributed by atoms with E-state index in [-0.39, 0.29) is 17.1 Å². The average Bonchev–Trinajstić information content (AvgIpc) is 2.27. The lowest BCUT2D eigenvalue weighted by Gasteiger charge is -2.06. The second kappa shape index (κ2) is 5.32. The summed E-state index contributed by atoms with van der Waals surface area (Å²) in [6, 6.07) is 6.23. The van der Waals surface area contributed by atoms with Crippen LogP contribution in [0.15, 0.2) is 29.2 Å². The van der Waals surface area contributed by atoms with Crippen LogP contribution in [0.5, 0.6) is 5.75 Å². The highest BCUT2D eigenvalue weighted by Crippen LogP contribution is 2.17. The number of methoxy groups -OCH3 is 1. The van der Waals surface area contributed by atoms with E-state index in [9.17, 15) is 8.42 Å². The summed E-state index contributed by atoms with van der Waals surface area (Å²) < 4.78 is 28.5. The van der Waals surface area contributed by atoms with Crippen molar-refractivity contribution in [1.29, 1.82) is 0 Å². The predicted octanol–water partition coefficient (Wildman–Crippen LogP) is 1.24. The molecule has 0 aliphatic heterocycles. The first kappa shape index (κ1) is 13.0. The lowest BCUT2D eigenvalue weighted by atomic mass is 10.3. The average molecular weight is 244 g/mol. The highest BCUT2D eigenvalue weighted by atomic mass is 32.2. The predicted molar refractivity (Wildman–Crippen MR) is 61.3 cm³/mol. The molecular weight excluding hydrogens is 228 g/mol. The number of benzene rings is 1. The van der Waals surface area contributed by atoms with Crippen LogP contribution in [-0.2, 0) is 9.84 Å². The maximum atomic E-state index is 11.8. The monoisotopic (exact) mass is 244 g/mol. The summed E-state index contributed by atoms with van der Waals surface area (Å²) in [5.74, 6) is 0.575. The number of rotatable bonds is 5. The van der Waals surface area contributed by atoms with Crippen LogP contribution in [0.25, 0.3) is 0 Å². The van der Waals surface area contributed by atoms with Gasteiger partial charge in [-0.2, -0.15) is 0 Å². The molecule has 1 aromatic carbocycles. The Balaban J connectivity index is 2.82. The smallest absolute Gasteiger partial charge is 0.178 e. The molecule has 5 heteroatoms. The molecule has 0 aliphatic carbocycles. The van der Waals surface area contributed by atoms with E-state index in [1.165, 1.54) is 19.2 Å². The number of sulfone groups is 1. The molecule has 0 fully saturated rings. The molecule has 0 saturated carbocycles. The zero-order chi connectivity index (χ0) is 12.2. The summed E-state index contributed by atoms with van der Waals surface area (Å²) in [5, 5.41) is 9.06. The molecular formula is C11H16O4S. The van der Waals surface area contributed by atoms with E-state index < -0.39 is 15.9 Å². The minimum absolute atomic E-state index is 0.0446. The zero-order valence-corrected chi connectivity index (χ0v) is 10.2. The summed E-state index contributed by atoms with van der Waals surface area (Å²) in [5.41, 5.74) is 0. The maximum absolute atomic E-state index is 11.8. The van der Waals surface area contributed by atoms with Gasteiger partial charge < -0.3 is 9.84 Å². The molecule has 0 aromatic heterocycles. The fourth-order valence-corrected chi connectivity index (χ4v) is 2.66. The van der Waals surface area contributed by atoms with Gasteiger partial charge in [-0.05, 0) is 37.6 Å². The number of hydrogen-bond donors (Lipinski definition) is 1. The fraction of sp³-hybridized carbons (Fsp3) is 0.455. The van der Waals surface area contributed by atoms with Gasteiger partial charge in [-0.1, -0.05) is 0 Å². The fourth-order valence-electron chi connectivity index (χ4n) is 1.23. The third-order valence-electron chi connectivity index (χ3n) is 2.22. The summed E-state index contributed by atoms with van der Waals surface area (Å²) >= 11 is 0. The van der Waals surface area contributed by atoms with Crippen LogP contribution in [0.1, 0.15) is 13.3 Å². The van der Waals surface area contributed by atoms with Crippen molar-refractivity contribution in [2.75, 3.05) is 12.9 Å². The third kappa shape index (κ3) is 3.50. The van der Waals surface area contributed by atoms with E-state index in [1.807, 2.05) is 0 Å². The van der Waals surface area contributed by atoms with Crippen LogP contribution >= 0.6 is 0 Å². The Kier molecular flexibility index (Phi) is 4.32. The van der Waals surface area contributed by atoms with Gasteiger partial charge in [-0.3, -0.25) is 0 Å². The minimum atomic E-state index is -3.30. The molecule has 0 radical (unpaired) electrons. The first-order valence-electron chi connectivity index (χ1n) is 5.00. The molecule has 0 saturated heterocycles. The van der Waals surface area contributed by atoms with E-state index in [1.54, 1.807) is 19.1 Å². The van der Waals surface area contributed by atoms with Crippen molar-refractivity contribution >= 4 is 9.84 Å². The largest absolute Gasteiger partial charge is 0.497 e. The molecule has 0 amide bonds. The van der Waals surface area contributed by atoms with Crippen LogP contribution in [0.3, 0.4) is 0 Å². The van der Waals surface area contributed by atoms with Gasteiger partial charge in [0, 0.05) is 0 Å². The van der Waals surface area contributed by atoms with Crippen molar-refractivity contribution in [3.63, 3.8) is 0 Å². The lowest BCUT2D eigenvalue weighted by molar-refractivity contribution is 0.191. The van der Waals surface area contributed by atoms with Crippen LogP contribution < -0.4 is 4.74 Å². The van der Waals surface area contributed by atoms with Crippen molar-refractivity contribution in [1.82, 2.24) is 0 Å². The van der Waals surface area contributed by atoms with E-state index in [2.05, 4.69) is 0 Å². The lowest BCUT2D eigenvalue weighted by Crippen LogP contribution is -2.12. The van der Waals surface area contributed by atoms with E-state index in [4.69, 9.17) is 9.84 Å². The number of aliphatic hydroxyl groups is 1. The Morgan fingerprint density at radius 1 is 1.31 bits per heavy atom. The van der Waals surface area contributed by atoms with E-state index >= 15 is 0 Å². The Morgan fingerprint density at radius 2 is 1.88 bits per heavy atom. The molecule has 1 atom stereocenters.